The molecule has 0 aromatic carbocycles. The molecule has 0 fully saturated rings. The van der Waals surface area contributed by atoms with Crippen molar-refractivity contribution in [1.29, 1.82) is 0 Å². The lowest BCUT2D eigenvalue weighted by Crippen LogP contribution is -2.30. The van der Waals surface area contributed by atoms with Crippen LogP contribution in [0, 0.1) is 5.92 Å². The highest BCUT2D eigenvalue weighted by atomic mass is 31.2. The summed E-state index contributed by atoms with van der Waals surface area (Å²) in [5.74, 6) is -1.32. The molecule has 0 saturated carbocycles. The molecule has 0 aromatic rings. The number of ether oxygens (including phenoxy) is 4. The highest BCUT2D eigenvalue weighted by Crippen LogP contribution is 2.45. The zero-order chi connectivity index (χ0) is 67.7. The summed E-state index contributed by atoms with van der Waals surface area (Å²) in [7, 11) is -9.89. The molecule has 0 aromatic heterocycles. The number of hydrogen-bond acceptors (Lipinski definition) is 15. The second kappa shape index (κ2) is 66.3. The molecule has 546 valence electrons. The van der Waals surface area contributed by atoms with E-state index in [4.69, 9.17) is 37.0 Å². The van der Waals surface area contributed by atoms with Crippen molar-refractivity contribution < 1.29 is 80.2 Å². The summed E-state index contributed by atoms with van der Waals surface area (Å²) in [6, 6.07) is 0. The molecule has 0 aliphatic rings. The van der Waals surface area contributed by atoms with Gasteiger partial charge in [-0.1, -0.05) is 330 Å². The van der Waals surface area contributed by atoms with Crippen LogP contribution in [0.2, 0.25) is 0 Å². The van der Waals surface area contributed by atoms with Gasteiger partial charge in [-0.15, -0.1) is 0 Å². The maximum absolute atomic E-state index is 13.1. The molecule has 0 saturated heterocycles. The van der Waals surface area contributed by atoms with Gasteiger partial charge in [0.05, 0.1) is 26.4 Å². The van der Waals surface area contributed by atoms with Gasteiger partial charge in [0.1, 0.15) is 19.3 Å². The van der Waals surface area contributed by atoms with E-state index in [9.17, 15) is 43.2 Å². The van der Waals surface area contributed by atoms with Gasteiger partial charge in [-0.2, -0.15) is 0 Å². The van der Waals surface area contributed by atoms with E-state index in [1.807, 2.05) is 0 Å². The van der Waals surface area contributed by atoms with Crippen molar-refractivity contribution in [2.24, 2.45) is 5.92 Å². The normalized spacial score (nSPS) is 14.0. The van der Waals surface area contributed by atoms with Crippen LogP contribution in [0.25, 0.3) is 0 Å². The van der Waals surface area contributed by atoms with Gasteiger partial charge >= 0.3 is 39.5 Å². The molecule has 19 heteroatoms. The summed E-state index contributed by atoms with van der Waals surface area (Å²) in [6.07, 6.45) is 54.6. The number of carbonyl (C=O) groups is 4. The third-order valence-electron chi connectivity index (χ3n) is 17.0. The second-order valence-corrected chi connectivity index (χ2v) is 29.7. The minimum Gasteiger partial charge on any atom is -0.462 e. The molecular formula is C73H142O17P2. The maximum Gasteiger partial charge on any atom is 0.472 e. The van der Waals surface area contributed by atoms with E-state index in [0.29, 0.717) is 25.7 Å². The summed E-state index contributed by atoms with van der Waals surface area (Å²) >= 11 is 0. The first-order valence-corrected chi connectivity index (χ1v) is 41.1. The number of aliphatic hydroxyl groups excluding tert-OH is 1. The molecule has 0 spiro atoms. The van der Waals surface area contributed by atoms with Gasteiger partial charge in [0.2, 0.25) is 0 Å². The van der Waals surface area contributed by atoms with Gasteiger partial charge in [0.25, 0.3) is 0 Å². The van der Waals surface area contributed by atoms with Crippen molar-refractivity contribution in [3.8, 4) is 0 Å². The smallest absolute Gasteiger partial charge is 0.462 e. The molecule has 92 heavy (non-hydrogen) atoms. The Morgan fingerprint density at radius 2 is 0.500 bits per heavy atom. The summed E-state index contributed by atoms with van der Waals surface area (Å²) < 4.78 is 68.1. The summed E-state index contributed by atoms with van der Waals surface area (Å²) in [5, 5.41) is 10.6. The van der Waals surface area contributed by atoms with Gasteiger partial charge < -0.3 is 33.8 Å². The Morgan fingerprint density at radius 3 is 0.739 bits per heavy atom. The summed E-state index contributed by atoms with van der Waals surface area (Å²) in [4.78, 5) is 72.3. The fraction of sp³-hybridized carbons (Fsp3) is 0.945. The van der Waals surface area contributed by atoms with Crippen molar-refractivity contribution in [2.75, 3.05) is 39.6 Å². The lowest BCUT2D eigenvalue weighted by atomic mass is 10.0. The van der Waals surface area contributed by atoms with Gasteiger partial charge in [0, 0.05) is 25.7 Å². The fourth-order valence-corrected chi connectivity index (χ4v) is 12.8. The quantitative estimate of drug-likeness (QED) is 0.0222. The lowest BCUT2D eigenvalue weighted by Gasteiger charge is -2.21. The molecule has 2 unspecified atom stereocenters. The third-order valence-corrected chi connectivity index (χ3v) is 18.9. The molecule has 3 N–H and O–H groups in total. The van der Waals surface area contributed by atoms with Crippen LogP contribution in [0.5, 0.6) is 0 Å². The first-order chi connectivity index (χ1) is 44.5. The Labute approximate surface area is 562 Å². The van der Waals surface area contributed by atoms with E-state index >= 15 is 0 Å². The van der Waals surface area contributed by atoms with E-state index in [0.717, 1.165) is 102 Å². The molecule has 0 aliphatic carbocycles. The third kappa shape index (κ3) is 66.7. The largest absolute Gasteiger partial charge is 0.472 e. The average Bonchev–Trinajstić information content (AvgIpc) is 1.73. The molecular weight excluding hydrogens is 1210 g/mol. The van der Waals surface area contributed by atoms with Gasteiger partial charge in [0.15, 0.2) is 12.2 Å². The van der Waals surface area contributed by atoms with E-state index in [2.05, 4.69) is 34.6 Å². The zero-order valence-corrected chi connectivity index (χ0v) is 61.5. The van der Waals surface area contributed by atoms with E-state index in [1.54, 1.807) is 0 Å². The Morgan fingerprint density at radius 1 is 0.293 bits per heavy atom. The number of rotatable bonds is 73. The zero-order valence-electron chi connectivity index (χ0n) is 59.7. The van der Waals surface area contributed by atoms with E-state index in [1.165, 1.54) is 199 Å². The molecule has 5 atom stereocenters. The van der Waals surface area contributed by atoms with Crippen molar-refractivity contribution in [3.63, 3.8) is 0 Å². The molecule has 0 bridgehead atoms. The highest BCUT2D eigenvalue weighted by Gasteiger charge is 2.30. The van der Waals surface area contributed by atoms with E-state index in [-0.39, 0.29) is 25.7 Å². The lowest BCUT2D eigenvalue weighted by molar-refractivity contribution is -0.161. The van der Waals surface area contributed by atoms with Crippen LogP contribution in [-0.4, -0.2) is 96.7 Å². The minimum atomic E-state index is -4.95. The number of aliphatic hydroxyl groups is 1. The van der Waals surface area contributed by atoms with Gasteiger partial charge in [-0.25, -0.2) is 9.13 Å². The van der Waals surface area contributed by atoms with Gasteiger partial charge in [-0.3, -0.25) is 37.3 Å². The van der Waals surface area contributed by atoms with E-state index < -0.39 is 97.5 Å². The summed E-state index contributed by atoms with van der Waals surface area (Å²) in [5.41, 5.74) is 0. The van der Waals surface area contributed by atoms with Gasteiger partial charge in [-0.05, 0) is 31.6 Å². The second-order valence-electron chi connectivity index (χ2n) is 26.8. The number of carbonyl (C=O) groups excluding carboxylic acids is 4. The Kier molecular flexibility index (Phi) is 64.9. The predicted molar refractivity (Wildman–Crippen MR) is 372 cm³/mol. The van der Waals surface area contributed by atoms with Crippen LogP contribution in [0.15, 0.2) is 0 Å². The van der Waals surface area contributed by atoms with Crippen LogP contribution in [0.1, 0.15) is 381 Å². The number of esters is 4. The number of phosphoric ester groups is 2. The van der Waals surface area contributed by atoms with Crippen LogP contribution in [-0.2, 0) is 65.4 Å². The average molecular weight is 1350 g/mol. The minimum absolute atomic E-state index is 0.106. The molecule has 0 aliphatic heterocycles. The molecule has 0 rings (SSSR count). The highest BCUT2D eigenvalue weighted by molar-refractivity contribution is 7.47. The van der Waals surface area contributed by atoms with Crippen LogP contribution < -0.4 is 0 Å². The predicted octanol–water partition coefficient (Wildman–Crippen LogP) is 21.3. The number of hydrogen-bond donors (Lipinski definition) is 3. The Bertz CT molecular complexity index is 1770. The van der Waals surface area contributed by atoms with Crippen LogP contribution in [0.3, 0.4) is 0 Å². The first kappa shape index (κ1) is 90.1. The molecule has 17 nitrogen and oxygen atoms in total. The first-order valence-electron chi connectivity index (χ1n) is 38.1. The maximum atomic E-state index is 13.1. The standard InChI is InChI=1S/C73H142O17P2/c1-6-9-12-15-17-19-21-22-23-24-25-29-32-35-39-42-47-52-57-71(76)84-63-69(90-73(78)59-54-49-44-40-36-33-30-27-26-28-31-34-37-41-46-50-55-66(4)5)65-88-92(81,82)86-61-67(74)60-85-91(79,80)87-64-68(62-83-70(75)56-51-45-14-11-8-3)89-72(77)58-53-48-43-38-20-18-16-13-10-7-2/h66-69,74H,6-65H2,1-5H3,(H,79,80)(H,81,82)/t67-,68+,69+/m0/s1. The van der Waals surface area contributed by atoms with Crippen LogP contribution in [0.4, 0.5) is 0 Å². The Hall–Kier alpha value is -1.94. The number of phosphoric acid groups is 2. The van der Waals surface area contributed by atoms with Crippen molar-refractivity contribution in [2.45, 2.75) is 400 Å². The SMILES string of the molecule is CCCCCCCCCCCCCCCCCCCCC(=O)OC[C@H](COP(=O)(O)OC[C@@H](O)COP(=O)(O)OC[C@@H](COC(=O)CCCCCCC)OC(=O)CCCCCCCCCCCC)OC(=O)CCCCCCCCCCCCCCCCCCC(C)C. The molecule has 0 amide bonds. The molecule has 0 radical (unpaired) electrons. The van der Waals surface area contributed by atoms with Crippen molar-refractivity contribution in [1.82, 2.24) is 0 Å². The fourth-order valence-electron chi connectivity index (χ4n) is 11.2. The van der Waals surface area contributed by atoms with Crippen molar-refractivity contribution in [3.05, 3.63) is 0 Å². The van der Waals surface area contributed by atoms with Crippen LogP contribution >= 0.6 is 15.6 Å². The Balaban J connectivity index is 5.12. The topological polar surface area (TPSA) is 237 Å². The number of unbranched alkanes of at least 4 members (excludes halogenated alkanes) is 45. The summed E-state index contributed by atoms with van der Waals surface area (Å²) in [6.45, 7) is 7.20. The van der Waals surface area contributed by atoms with Crippen molar-refractivity contribution >= 4 is 39.5 Å². The molecule has 0 heterocycles. The monoisotopic (exact) mass is 1350 g/mol.